The van der Waals surface area contributed by atoms with Crippen LogP contribution in [0.4, 0.5) is 0 Å². The summed E-state index contributed by atoms with van der Waals surface area (Å²) in [5.74, 6) is -0.518. The number of hydrogen-bond donors (Lipinski definition) is 0. The molecule has 0 bridgehead atoms. The van der Waals surface area contributed by atoms with Gasteiger partial charge < -0.3 is 14.1 Å². The molecular weight excluding hydrogens is 270 g/mol. The highest BCUT2D eigenvalue weighted by atomic mass is 35.5. The number of nitrogens with zero attached hydrogens (tertiary/aromatic N) is 1. The second-order valence-electron chi connectivity index (χ2n) is 4.45. The van der Waals surface area contributed by atoms with E-state index in [4.69, 9.17) is 20.8 Å². The fourth-order valence-corrected chi connectivity index (χ4v) is 2.35. The van der Waals surface area contributed by atoms with Crippen LogP contribution in [0.5, 0.6) is 0 Å². The van der Waals surface area contributed by atoms with Gasteiger partial charge in [-0.2, -0.15) is 0 Å². The van der Waals surface area contributed by atoms with Crippen molar-refractivity contribution in [1.29, 1.82) is 0 Å². The molecule has 1 aliphatic rings. The average Bonchev–Trinajstić information content (AvgIpc) is 2.85. The molecule has 1 aliphatic heterocycles. The summed E-state index contributed by atoms with van der Waals surface area (Å²) in [7, 11) is 0. The largest absolute Gasteiger partial charge is 0.466 e. The minimum atomic E-state index is -0.247. The van der Waals surface area contributed by atoms with Crippen molar-refractivity contribution in [2.45, 2.75) is 19.8 Å². The van der Waals surface area contributed by atoms with Gasteiger partial charge in [-0.3, -0.25) is 9.59 Å². The van der Waals surface area contributed by atoms with Gasteiger partial charge in [0.2, 0.25) is 0 Å². The molecule has 0 saturated carbocycles. The SMILES string of the molecule is CCOC(=O)C1CCCN(C(=O)c2ccc(Cl)o2)C1. The number of ether oxygens (including phenoxy) is 1. The van der Waals surface area contributed by atoms with Crippen LogP contribution in [0, 0.1) is 5.92 Å². The molecule has 2 rings (SSSR count). The molecule has 1 atom stereocenters. The predicted octanol–water partition coefficient (Wildman–Crippen LogP) is 2.35. The Balaban J connectivity index is 2.01. The molecule has 5 nitrogen and oxygen atoms in total. The van der Waals surface area contributed by atoms with Gasteiger partial charge in [-0.25, -0.2) is 0 Å². The maximum Gasteiger partial charge on any atom is 0.310 e. The van der Waals surface area contributed by atoms with Crippen LogP contribution >= 0.6 is 11.6 Å². The molecule has 1 unspecified atom stereocenters. The molecule has 0 aromatic carbocycles. The molecular formula is C13H16ClNO4. The molecule has 0 spiro atoms. The molecule has 1 fully saturated rings. The van der Waals surface area contributed by atoms with E-state index in [1.54, 1.807) is 17.9 Å². The molecule has 104 valence electrons. The Labute approximate surface area is 116 Å². The molecule has 1 saturated heterocycles. The fourth-order valence-electron chi connectivity index (χ4n) is 2.20. The third kappa shape index (κ3) is 3.29. The van der Waals surface area contributed by atoms with Crippen LogP contribution in [0.25, 0.3) is 0 Å². The lowest BCUT2D eigenvalue weighted by molar-refractivity contribution is -0.149. The first kappa shape index (κ1) is 13.9. The van der Waals surface area contributed by atoms with E-state index in [0.717, 1.165) is 12.8 Å². The molecule has 1 aromatic rings. The molecule has 0 N–H and O–H groups in total. The third-order valence-electron chi connectivity index (χ3n) is 3.11. The van der Waals surface area contributed by atoms with Crippen LogP contribution in [0.3, 0.4) is 0 Å². The van der Waals surface area contributed by atoms with E-state index in [2.05, 4.69) is 0 Å². The number of carbonyl (C=O) groups is 2. The van der Waals surface area contributed by atoms with E-state index in [1.165, 1.54) is 6.07 Å². The summed E-state index contributed by atoms with van der Waals surface area (Å²) < 4.78 is 10.1. The third-order valence-corrected chi connectivity index (χ3v) is 3.32. The van der Waals surface area contributed by atoms with Gasteiger partial charge in [0, 0.05) is 13.1 Å². The van der Waals surface area contributed by atoms with Gasteiger partial charge in [0.25, 0.3) is 5.91 Å². The standard InChI is InChI=1S/C13H16ClNO4/c1-2-18-13(17)9-4-3-7-15(8-9)12(16)10-5-6-11(14)19-10/h5-6,9H,2-4,7-8H2,1H3. The molecule has 19 heavy (non-hydrogen) atoms. The zero-order valence-corrected chi connectivity index (χ0v) is 11.5. The number of hydrogen-bond acceptors (Lipinski definition) is 4. The van der Waals surface area contributed by atoms with Crippen LogP contribution in [0.1, 0.15) is 30.3 Å². The summed E-state index contributed by atoms with van der Waals surface area (Å²) in [6, 6.07) is 3.07. The second kappa shape index (κ2) is 6.10. The fraction of sp³-hybridized carbons (Fsp3) is 0.538. The quantitative estimate of drug-likeness (QED) is 0.800. The summed E-state index contributed by atoms with van der Waals surface area (Å²) in [5, 5.41) is 0.183. The number of piperidine rings is 1. The van der Waals surface area contributed by atoms with Crippen LogP contribution in [-0.2, 0) is 9.53 Å². The maximum atomic E-state index is 12.2. The van der Waals surface area contributed by atoms with Crippen molar-refractivity contribution in [3.63, 3.8) is 0 Å². The van der Waals surface area contributed by atoms with Gasteiger partial charge in [0.05, 0.1) is 12.5 Å². The van der Waals surface area contributed by atoms with Crippen LogP contribution in [0.2, 0.25) is 5.22 Å². The molecule has 0 aliphatic carbocycles. The Morgan fingerprint density at radius 1 is 1.53 bits per heavy atom. The van der Waals surface area contributed by atoms with Crippen molar-refractivity contribution in [1.82, 2.24) is 4.90 Å². The molecule has 6 heteroatoms. The van der Waals surface area contributed by atoms with Crippen LogP contribution < -0.4 is 0 Å². The lowest BCUT2D eigenvalue weighted by atomic mass is 9.98. The topological polar surface area (TPSA) is 59.8 Å². The maximum absolute atomic E-state index is 12.2. The summed E-state index contributed by atoms with van der Waals surface area (Å²) in [6.07, 6.45) is 1.53. The summed E-state index contributed by atoms with van der Waals surface area (Å²) in [4.78, 5) is 25.5. The van der Waals surface area contributed by atoms with Crippen molar-refractivity contribution in [3.8, 4) is 0 Å². The Morgan fingerprint density at radius 2 is 2.32 bits per heavy atom. The van der Waals surface area contributed by atoms with Gasteiger partial charge in [0.15, 0.2) is 11.0 Å². The Hall–Kier alpha value is -1.49. The summed E-state index contributed by atoms with van der Waals surface area (Å²) >= 11 is 5.65. The number of likely N-dealkylation sites (tertiary alicyclic amines) is 1. The van der Waals surface area contributed by atoms with Crippen molar-refractivity contribution in [2.75, 3.05) is 19.7 Å². The lowest BCUT2D eigenvalue weighted by Gasteiger charge is -2.30. The minimum absolute atomic E-state index is 0.183. The lowest BCUT2D eigenvalue weighted by Crippen LogP contribution is -2.42. The van der Waals surface area contributed by atoms with Gasteiger partial charge >= 0.3 is 5.97 Å². The summed E-state index contributed by atoms with van der Waals surface area (Å²) in [6.45, 7) is 3.12. The van der Waals surface area contributed by atoms with E-state index < -0.39 is 0 Å². The minimum Gasteiger partial charge on any atom is -0.466 e. The number of rotatable bonds is 3. The smallest absolute Gasteiger partial charge is 0.310 e. The van der Waals surface area contributed by atoms with E-state index in [-0.39, 0.29) is 28.8 Å². The normalized spacial score (nSPS) is 19.3. The van der Waals surface area contributed by atoms with E-state index in [9.17, 15) is 9.59 Å². The number of halogens is 1. The van der Waals surface area contributed by atoms with Gasteiger partial charge in [-0.15, -0.1) is 0 Å². The predicted molar refractivity (Wildman–Crippen MR) is 69.0 cm³/mol. The number of furan rings is 1. The Kier molecular flexibility index (Phi) is 4.47. The Morgan fingerprint density at radius 3 is 2.95 bits per heavy atom. The molecule has 0 radical (unpaired) electrons. The van der Waals surface area contributed by atoms with Crippen molar-refractivity contribution in [2.24, 2.45) is 5.92 Å². The summed E-state index contributed by atoms with van der Waals surface area (Å²) in [5.41, 5.74) is 0. The molecule has 1 amide bonds. The highest BCUT2D eigenvalue weighted by Gasteiger charge is 2.30. The Bertz CT molecular complexity index is 471. The average molecular weight is 286 g/mol. The van der Waals surface area contributed by atoms with Gasteiger partial charge in [0.1, 0.15) is 0 Å². The van der Waals surface area contributed by atoms with Crippen molar-refractivity contribution in [3.05, 3.63) is 23.1 Å². The van der Waals surface area contributed by atoms with Gasteiger partial charge in [-0.1, -0.05) is 0 Å². The van der Waals surface area contributed by atoms with Gasteiger partial charge in [-0.05, 0) is 43.5 Å². The van der Waals surface area contributed by atoms with Crippen molar-refractivity contribution < 1.29 is 18.7 Å². The first-order chi connectivity index (χ1) is 9.11. The molecule has 2 heterocycles. The zero-order valence-electron chi connectivity index (χ0n) is 10.7. The van der Waals surface area contributed by atoms with Crippen LogP contribution in [0.15, 0.2) is 16.5 Å². The highest BCUT2D eigenvalue weighted by Crippen LogP contribution is 2.21. The van der Waals surface area contributed by atoms with Crippen molar-refractivity contribution >= 4 is 23.5 Å². The van der Waals surface area contributed by atoms with E-state index in [1.807, 2.05) is 0 Å². The number of esters is 1. The first-order valence-electron chi connectivity index (χ1n) is 6.33. The highest BCUT2D eigenvalue weighted by molar-refractivity contribution is 6.29. The van der Waals surface area contributed by atoms with Crippen LogP contribution in [-0.4, -0.2) is 36.5 Å². The molecule has 1 aromatic heterocycles. The first-order valence-corrected chi connectivity index (χ1v) is 6.71. The van der Waals surface area contributed by atoms with E-state index >= 15 is 0 Å². The number of carbonyl (C=O) groups excluding carboxylic acids is 2. The van der Waals surface area contributed by atoms with E-state index in [0.29, 0.717) is 19.7 Å². The second-order valence-corrected chi connectivity index (χ2v) is 4.82. The number of amides is 1. The monoisotopic (exact) mass is 285 g/mol. The zero-order chi connectivity index (χ0) is 13.8.